The average molecular weight is 693 g/mol. The zero-order valence-electron chi connectivity index (χ0n) is 25.8. The molecule has 1 amide bonds. The molecule has 0 bridgehead atoms. The lowest BCUT2D eigenvalue weighted by Crippen LogP contribution is -2.41. The van der Waals surface area contributed by atoms with E-state index in [2.05, 4.69) is 25.7 Å². The SMILES string of the molecule is N=C(N)NCCC[C@H](NC(=O)c1sccc1NS(=O)(=O)c1cc(-c2ccccc2CNCc2ccc(N)nc2)cc2c1OCC2)C(=O)O. The van der Waals surface area contributed by atoms with E-state index in [9.17, 15) is 23.1 Å². The Labute approximate surface area is 281 Å². The molecule has 5 rings (SSSR count). The number of aromatic nitrogens is 1. The highest BCUT2D eigenvalue weighted by molar-refractivity contribution is 7.92. The number of guanidine groups is 1. The van der Waals surface area contributed by atoms with Crippen molar-refractivity contribution in [1.29, 1.82) is 5.41 Å². The summed E-state index contributed by atoms with van der Waals surface area (Å²) < 4.78 is 36.2. The minimum absolute atomic E-state index is 0.00752. The van der Waals surface area contributed by atoms with Crippen LogP contribution >= 0.6 is 11.3 Å². The predicted molar refractivity (Wildman–Crippen MR) is 183 cm³/mol. The monoisotopic (exact) mass is 692 g/mol. The van der Waals surface area contributed by atoms with Crippen molar-refractivity contribution < 1.29 is 27.9 Å². The summed E-state index contributed by atoms with van der Waals surface area (Å²) in [6.45, 7) is 1.65. The minimum Gasteiger partial charge on any atom is -0.492 e. The van der Waals surface area contributed by atoms with Crippen molar-refractivity contribution in [1.82, 2.24) is 20.9 Å². The maximum Gasteiger partial charge on any atom is 0.326 e. The van der Waals surface area contributed by atoms with Gasteiger partial charge in [-0.05, 0) is 70.3 Å². The molecule has 0 spiro atoms. The first kappa shape index (κ1) is 34.2. The summed E-state index contributed by atoms with van der Waals surface area (Å²) in [5.74, 6) is -1.52. The van der Waals surface area contributed by atoms with Crippen LogP contribution in [-0.4, -0.2) is 55.5 Å². The molecular formula is C32H36N8O6S2. The standard InChI is InChI=1S/C32H36N8O6S2/c33-27-8-7-19(17-38-27)16-36-18-21-4-1-2-5-23(21)22-14-20-9-12-46-28(20)26(15-22)48(44,45)40-24-10-13-47-29(24)30(41)39-25(31(42)43)6-3-11-37-32(34)35/h1-2,4-5,7-8,10,13-15,17,25,36,40H,3,6,9,11-12,16,18H2,(H2,33,38)(H,39,41)(H,42,43)(H4,34,35,37)/t25-/m0/s1. The number of hydrogen-bond donors (Lipinski definition) is 8. The Morgan fingerprint density at radius 2 is 1.94 bits per heavy atom. The number of nitrogens with zero attached hydrogens (tertiary/aromatic N) is 1. The van der Waals surface area contributed by atoms with E-state index in [1.54, 1.807) is 23.7 Å². The number of thiophene rings is 1. The summed E-state index contributed by atoms with van der Waals surface area (Å²) in [4.78, 5) is 29.0. The third kappa shape index (κ3) is 8.39. The summed E-state index contributed by atoms with van der Waals surface area (Å²) in [6, 6.07) is 15.1. The number of carbonyl (C=O) groups excluding carboxylic acids is 1. The van der Waals surface area contributed by atoms with E-state index >= 15 is 0 Å². The average Bonchev–Trinajstić information content (AvgIpc) is 3.72. The van der Waals surface area contributed by atoms with Crippen LogP contribution < -0.4 is 36.9 Å². The maximum atomic E-state index is 13.9. The van der Waals surface area contributed by atoms with Gasteiger partial charge in [0, 0.05) is 32.3 Å². The van der Waals surface area contributed by atoms with E-state index in [0.29, 0.717) is 43.9 Å². The summed E-state index contributed by atoms with van der Waals surface area (Å²) in [6.07, 6.45) is 2.63. The van der Waals surface area contributed by atoms with Crippen LogP contribution in [0.4, 0.5) is 11.5 Å². The van der Waals surface area contributed by atoms with E-state index in [1.165, 1.54) is 6.07 Å². The van der Waals surface area contributed by atoms with Gasteiger partial charge in [0.15, 0.2) is 5.96 Å². The number of benzene rings is 2. The highest BCUT2D eigenvalue weighted by Crippen LogP contribution is 2.39. The molecule has 10 N–H and O–H groups in total. The Morgan fingerprint density at radius 1 is 1.12 bits per heavy atom. The molecule has 0 saturated heterocycles. The van der Waals surface area contributed by atoms with Gasteiger partial charge in [0.25, 0.3) is 15.9 Å². The summed E-state index contributed by atoms with van der Waals surface area (Å²) in [7, 11) is -4.27. The summed E-state index contributed by atoms with van der Waals surface area (Å²) in [5, 5.41) is 26.8. The fraction of sp³-hybridized carbons (Fsp3) is 0.250. The number of rotatable bonds is 15. The molecule has 2 aromatic carbocycles. The summed E-state index contributed by atoms with van der Waals surface area (Å²) >= 11 is 0.976. The molecule has 1 atom stereocenters. The number of sulfonamides is 1. The predicted octanol–water partition coefficient (Wildman–Crippen LogP) is 2.86. The van der Waals surface area contributed by atoms with E-state index in [1.807, 2.05) is 36.4 Å². The molecule has 3 heterocycles. The van der Waals surface area contributed by atoms with Crippen LogP contribution in [0.2, 0.25) is 0 Å². The van der Waals surface area contributed by atoms with Gasteiger partial charge < -0.3 is 37.3 Å². The molecule has 48 heavy (non-hydrogen) atoms. The number of nitrogens with two attached hydrogens (primary N) is 2. The minimum atomic E-state index is -4.27. The lowest BCUT2D eigenvalue weighted by Gasteiger charge is -2.17. The molecule has 252 valence electrons. The number of pyridine rings is 1. The molecule has 4 aromatic rings. The number of nitrogens with one attached hydrogen (secondary N) is 5. The Balaban J connectivity index is 1.36. The maximum absolute atomic E-state index is 13.9. The first-order valence-corrected chi connectivity index (χ1v) is 17.4. The highest BCUT2D eigenvalue weighted by Gasteiger charge is 2.30. The summed E-state index contributed by atoms with van der Waals surface area (Å²) in [5.41, 5.74) is 15.2. The van der Waals surface area contributed by atoms with Crippen molar-refractivity contribution in [2.45, 2.75) is 43.3 Å². The van der Waals surface area contributed by atoms with Gasteiger partial charge in [0.1, 0.15) is 27.4 Å². The van der Waals surface area contributed by atoms with Gasteiger partial charge >= 0.3 is 5.97 Å². The Kier molecular flexibility index (Phi) is 10.8. The third-order valence-corrected chi connectivity index (χ3v) is 9.85. The first-order chi connectivity index (χ1) is 23.0. The van der Waals surface area contributed by atoms with E-state index in [-0.39, 0.29) is 40.1 Å². The first-order valence-electron chi connectivity index (χ1n) is 15.0. The van der Waals surface area contributed by atoms with Gasteiger partial charge in [-0.25, -0.2) is 18.2 Å². The number of hydrogen-bond acceptors (Lipinski definition) is 10. The van der Waals surface area contributed by atoms with Crippen molar-refractivity contribution in [3.05, 3.63) is 87.7 Å². The lowest BCUT2D eigenvalue weighted by molar-refractivity contribution is -0.139. The fourth-order valence-electron chi connectivity index (χ4n) is 5.24. The van der Waals surface area contributed by atoms with Gasteiger partial charge in [0.05, 0.1) is 12.3 Å². The lowest BCUT2D eigenvalue weighted by atomic mass is 9.97. The molecule has 16 heteroatoms. The molecule has 1 aliphatic rings. The highest BCUT2D eigenvalue weighted by atomic mass is 32.2. The van der Waals surface area contributed by atoms with Crippen molar-refractivity contribution >= 4 is 50.7 Å². The molecule has 0 radical (unpaired) electrons. The van der Waals surface area contributed by atoms with Crippen molar-refractivity contribution in [2.75, 3.05) is 23.6 Å². The zero-order valence-corrected chi connectivity index (χ0v) is 27.4. The second kappa shape index (κ2) is 15.1. The number of ether oxygens (including phenoxy) is 1. The number of carboxylic acid groups (broad SMARTS) is 1. The van der Waals surface area contributed by atoms with Crippen molar-refractivity contribution in [3.8, 4) is 16.9 Å². The number of anilines is 2. The third-order valence-electron chi connectivity index (χ3n) is 7.56. The fourth-order valence-corrected chi connectivity index (χ4v) is 7.34. The van der Waals surface area contributed by atoms with Crippen LogP contribution in [0.1, 0.15) is 39.2 Å². The molecule has 0 fully saturated rings. The van der Waals surface area contributed by atoms with E-state index in [4.69, 9.17) is 21.6 Å². The van der Waals surface area contributed by atoms with Crippen molar-refractivity contribution in [3.63, 3.8) is 0 Å². The van der Waals surface area contributed by atoms with Gasteiger partial charge in [-0.15, -0.1) is 11.3 Å². The number of nitrogen functional groups attached to an aromatic ring is 1. The normalized spacial score (nSPS) is 12.8. The van der Waals surface area contributed by atoms with Crippen LogP contribution in [0, 0.1) is 5.41 Å². The van der Waals surface area contributed by atoms with Gasteiger partial charge in [0.2, 0.25) is 0 Å². The smallest absolute Gasteiger partial charge is 0.326 e. The molecular weight excluding hydrogens is 657 g/mol. The number of carbonyl (C=O) groups is 2. The van der Waals surface area contributed by atoms with Crippen LogP contribution in [0.25, 0.3) is 11.1 Å². The quantitative estimate of drug-likeness (QED) is 0.0512. The molecule has 0 aliphatic carbocycles. The number of fused-ring (bicyclic) bond motifs is 1. The van der Waals surface area contributed by atoms with Gasteiger partial charge in [-0.2, -0.15) is 0 Å². The molecule has 0 unspecified atom stereocenters. The molecule has 14 nitrogen and oxygen atoms in total. The Morgan fingerprint density at radius 3 is 2.69 bits per heavy atom. The Bertz CT molecular complexity index is 1910. The number of aliphatic carboxylic acids is 1. The van der Waals surface area contributed by atoms with Crippen LogP contribution in [-0.2, 0) is 34.3 Å². The zero-order chi connectivity index (χ0) is 34.3. The number of carboxylic acids is 1. The van der Waals surface area contributed by atoms with Crippen LogP contribution in [0.3, 0.4) is 0 Å². The number of amides is 1. The molecule has 0 saturated carbocycles. The van der Waals surface area contributed by atoms with Crippen molar-refractivity contribution in [2.24, 2.45) is 5.73 Å². The topological polar surface area (TPSA) is 235 Å². The molecule has 2 aromatic heterocycles. The second-order valence-corrected chi connectivity index (χ2v) is 13.6. The largest absolute Gasteiger partial charge is 0.492 e. The van der Waals surface area contributed by atoms with E-state index < -0.39 is 27.9 Å². The Hall–Kier alpha value is -5.19. The van der Waals surface area contributed by atoms with Crippen LogP contribution in [0.15, 0.2) is 71.1 Å². The van der Waals surface area contributed by atoms with Gasteiger partial charge in [-0.3, -0.25) is 14.9 Å². The van der Waals surface area contributed by atoms with E-state index in [0.717, 1.165) is 33.6 Å². The second-order valence-electron chi connectivity index (χ2n) is 11.0. The van der Waals surface area contributed by atoms with Crippen LogP contribution in [0.5, 0.6) is 5.75 Å². The molecule has 1 aliphatic heterocycles. The van der Waals surface area contributed by atoms with Gasteiger partial charge in [-0.1, -0.05) is 30.3 Å².